The third kappa shape index (κ3) is 5.43. The zero-order valence-corrected chi connectivity index (χ0v) is 18.1. The predicted molar refractivity (Wildman–Crippen MR) is 127 cm³/mol. The second-order valence-corrected chi connectivity index (χ2v) is 7.85. The second-order valence-electron chi connectivity index (χ2n) is 7.85. The van der Waals surface area contributed by atoms with E-state index < -0.39 is 0 Å². The average Bonchev–Trinajstić information content (AvgIpc) is 3.07. The molecule has 2 aromatic carbocycles. The van der Waals surface area contributed by atoms with Gasteiger partial charge < -0.3 is 20.4 Å². The SMILES string of the molecule is Cc1ccc(C(=O)N2CCCN(c3ccc(NC(=O)Nc4ccccc4)cn3)CC2)cc1. The van der Waals surface area contributed by atoms with E-state index in [4.69, 9.17) is 0 Å². The number of nitrogens with one attached hydrogen (secondary N) is 2. The molecular formula is C25H27N5O2. The average molecular weight is 430 g/mol. The second kappa shape index (κ2) is 9.96. The number of aryl methyl sites for hydroxylation is 1. The molecule has 0 radical (unpaired) electrons. The van der Waals surface area contributed by atoms with Crippen molar-refractivity contribution in [3.63, 3.8) is 0 Å². The molecule has 32 heavy (non-hydrogen) atoms. The maximum absolute atomic E-state index is 12.8. The number of pyridine rings is 1. The number of amides is 3. The van der Waals surface area contributed by atoms with E-state index in [9.17, 15) is 9.59 Å². The van der Waals surface area contributed by atoms with Gasteiger partial charge in [-0.05, 0) is 49.7 Å². The number of urea groups is 1. The van der Waals surface area contributed by atoms with Gasteiger partial charge in [0.1, 0.15) is 5.82 Å². The fourth-order valence-electron chi connectivity index (χ4n) is 3.69. The van der Waals surface area contributed by atoms with Gasteiger partial charge >= 0.3 is 6.03 Å². The van der Waals surface area contributed by atoms with E-state index in [1.807, 2.05) is 78.6 Å². The molecular weight excluding hydrogens is 402 g/mol. The van der Waals surface area contributed by atoms with E-state index in [-0.39, 0.29) is 11.9 Å². The zero-order chi connectivity index (χ0) is 22.3. The Morgan fingerprint density at radius 3 is 2.28 bits per heavy atom. The van der Waals surface area contributed by atoms with Crippen molar-refractivity contribution in [1.82, 2.24) is 9.88 Å². The fourth-order valence-corrected chi connectivity index (χ4v) is 3.69. The number of carbonyl (C=O) groups is 2. The molecule has 1 fully saturated rings. The van der Waals surface area contributed by atoms with Gasteiger partial charge in [-0.3, -0.25) is 4.79 Å². The van der Waals surface area contributed by atoms with E-state index in [2.05, 4.69) is 20.5 Å². The maximum Gasteiger partial charge on any atom is 0.323 e. The molecule has 0 bridgehead atoms. The third-order valence-electron chi connectivity index (χ3n) is 5.44. The number of benzene rings is 2. The first-order chi connectivity index (χ1) is 15.6. The first-order valence-corrected chi connectivity index (χ1v) is 10.8. The van der Waals surface area contributed by atoms with Gasteiger partial charge in [0.15, 0.2) is 0 Å². The Bertz CT molecular complexity index is 1050. The molecule has 7 heteroatoms. The largest absolute Gasteiger partial charge is 0.355 e. The molecule has 3 aromatic rings. The molecule has 0 aliphatic carbocycles. The molecule has 164 valence electrons. The highest BCUT2D eigenvalue weighted by molar-refractivity contribution is 5.99. The molecule has 3 amide bonds. The van der Waals surface area contributed by atoms with Crippen LogP contribution in [0.1, 0.15) is 22.3 Å². The van der Waals surface area contributed by atoms with Gasteiger partial charge in [-0.15, -0.1) is 0 Å². The smallest absolute Gasteiger partial charge is 0.323 e. The van der Waals surface area contributed by atoms with Gasteiger partial charge in [-0.25, -0.2) is 9.78 Å². The van der Waals surface area contributed by atoms with Crippen molar-refractivity contribution in [1.29, 1.82) is 0 Å². The quantitative estimate of drug-likeness (QED) is 0.645. The summed E-state index contributed by atoms with van der Waals surface area (Å²) in [6, 6.07) is 20.4. The molecule has 2 N–H and O–H groups in total. The summed E-state index contributed by atoms with van der Waals surface area (Å²) in [5.74, 6) is 0.910. The van der Waals surface area contributed by atoms with Crippen molar-refractivity contribution in [2.45, 2.75) is 13.3 Å². The van der Waals surface area contributed by atoms with Crippen LogP contribution >= 0.6 is 0 Å². The van der Waals surface area contributed by atoms with Crippen molar-refractivity contribution >= 4 is 29.1 Å². The molecule has 0 unspecified atom stereocenters. The van der Waals surface area contributed by atoms with Crippen molar-refractivity contribution < 1.29 is 9.59 Å². The third-order valence-corrected chi connectivity index (χ3v) is 5.44. The van der Waals surface area contributed by atoms with Crippen LogP contribution < -0.4 is 15.5 Å². The molecule has 2 heterocycles. The molecule has 7 nitrogen and oxygen atoms in total. The lowest BCUT2D eigenvalue weighted by Gasteiger charge is -2.23. The summed E-state index contributed by atoms with van der Waals surface area (Å²) < 4.78 is 0. The van der Waals surface area contributed by atoms with Crippen LogP contribution in [0.2, 0.25) is 0 Å². The van der Waals surface area contributed by atoms with Crippen molar-refractivity contribution in [3.05, 3.63) is 84.1 Å². The monoisotopic (exact) mass is 429 g/mol. The Kier molecular flexibility index (Phi) is 6.65. The molecule has 1 saturated heterocycles. The first kappa shape index (κ1) is 21.4. The first-order valence-electron chi connectivity index (χ1n) is 10.8. The van der Waals surface area contributed by atoms with Crippen molar-refractivity contribution in [2.24, 2.45) is 0 Å². The minimum atomic E-state index is -0.314. The highest BCUT2D eigenvalue weighted by Crippen LogP contribution is 2.18. The predicted octanol–water partition coefficient (Wildman–Crippen LogP) is 4.39. The maximum atomic E-state index is 12.8. The lowest BCUT2D eigenvalue weighted by atomic mass is 10.1. The van der Waals surface area contributed by atoms with Gasteiger partial charge in [-0.2, -0.15) is 0 Å². The molecule has 1 aromatic heterocycles. The molecule has 1 aliphatic heterocycles. The molecule has 0 saturated carbocycles. The number of hydrogen-bond acceptors (Lipinski definition) is 4. The zero-order valence-electron chi connectivity index (χ0n) is 18.1. The molecule has 4 rings (SSSR count). The van der Waals surface area contributed by atoms with Crippen molar-refractivity contribution in [3.8, 4) is 0 Å². The number of aromatic nitrogens is 1. The summed E-state index contributed by atoms with van der Waals surface area (Å²) in [5.41, 5.74) is 3.22. The van der Waals surface area contributed by atoms with Crippen LogP contribution in [0.3, 0.4) is 0 Å². The van der Waals surface area contributed by atoms with Gasteiger partial charge in [0.05, 0.1) is 11.9 Å². The summed E-state index contributed by atoms with van der Waals surface area (Å²) in [4.78, 5) is 33.6. The Hall–Kier alpha value is -3.87. The summed E-state index contributed by atoms with van der Waals surface area (Å²) in [5, 5.41) is 5.58. The summed E-state index contributed by atoms with van der Waals surface area (Å²) in [6.45, 7) is 4.93. The fraction of sp³-hybridized carbons (Fsp3) is 0.240. The van der Waals surface area contributed by atoms with Crippen molar-refractivity contribution in [2.75, 3.05) is 41.7 Å². The van der Waals surface area contributed by atoms with E-state index in [0.29, 0.717) is 18.8 Å². The lowest BCUT2D eigenvalue weighted by Crippen LogP contribution is -2.35. The highest BCUT2D eigenvalue weighted by Gasteiger charge is 2.21. The van der Waals surface area contributed by atoms with E-state index in [1.54, 1.807) is 6.20 Å². The van der Waals surface area contributed by atoms with Crippen LogP contribution in [0, 0.1) is 6.92 Å². The minimum Gasteiger partial charge on any atom is -0.355 e. The summed E-state index contributed by atoms with van der Waals surface area (Å²) in [6.07, 6.45) is 2.53. The summed E-state index contributed by atoms with van der Waals surface area (Å²) >= 11 is 0. The number of hydrogen-bond donors (Lipinski definition) is 2. The number of nitrogens with zero attached hydrogens (tertiary/aromatic N) is 3. The Labute approximate surface area is 188 Å². The van der Waals surface area contributed by atoms with Crippen LogP contribution in [-0.4, -0.2) is 48.0 Å². The van der Waals surface area contributed by atoms with Crippen LogP contribution in [0.5, 0.6) is 0 Å². The summed E-state index contributed by atoms with van der Waals surface area (Å²) in [7, 11) is 0. The minimum absolute atomic E-state index is 0.0729. The Morgan fingerprint density at radius 2 is 1.56 bits per heavy atom. The highest BCUT2D eigenvalue weighted by atomic mass is 16.2. The van der Waals surface area contributed by atoms with Gasteiger partial charge in [0.25, 0.3) is 5.91 Å². The van der Waals surface area contributed by atoms with Crippen LogP contribution in [0.25, 0.3) is 0 Å². The number of carbonyl (C=O) groups excluding carboxylic acids is 2. The van der Waals surface area contributed by atoms with E-state index in [1.165, 1.54) is 0 Å². The van der Waals surface area contributed by atoms with Gasteiger partial charge in [-0.1, -0.05) is 35.9 Å². The topological polar surface area (TPSA) is 77.6 Å². The number of rotatable bonds is 4. The van der Waals surface area contributed by atoms with E-state index >= 15 is 0 Å². The number of para-hydroxylation sites is 1. The Morgan fingerprint density at radius 1 is 0.812 bits per heavy atom. The van der Waals surface area contributed by atoms with E-state index in [0.717, 1.165) is 42.1 Å². The van der Waals surface area contributed by atoms with Crippen LogP contribution in [0.4, 0.5) is 22.0 Å². The van der Waals surface area contributed by atoms with Crippen LogP contribution in [0.15, 0.2) is 72.9 Å². The molecule has 0 spiro atoms. The number of anilines is 3. The van der Waals surface area contributed by atoms with Crippen LogP contribution in [-0.2, 0) is 0 Å². The molecule has 1 aliphatic rings. The Balaban J connectivity index is 1.32. The standard InChI is InChI=1S/C25H27N5O2/c1-19-8-10-20(11-9-19)24(31)30-15-5-14-29(16-17-30)23-13-12-22(18-26-23)28-25(32)27-21-6-3-2-4-7-21/h2-4,6-13,18H,5,14-17H2,1H3,(H2,27,28,32). The molecule has 0 atom stereocenters. The normalized spacial score (nSPS) is 13.9. The lowest BCUT2D eigenvalue weighted by molar-refractivity contribution is 0.0767. The van der Waals surface area contributed by atoms with Gasteiger partial charge in [0.2, 0.25) is 0 Å². The van der Waals surface area contributed by atoms with Gasteiger partial charge in [0, 0.05) is 37.4 Å².